The maximum atomic E-state index is 12.1. The van der Waals surface area contributed by atoms with Gasteiger partial charge in [-0.05, 0) is 29.5 Å². The number of H-pyrrole nitrogens is 1. The molecule has 1 aliphatic rings. The fourth-order valence-electron chi connectivity index (χ4n) is 2.06. The number of hydrogen-bond acceptors (Lipinski definition) is 7. The summed E-state index contributed by atoms with van der Waals surface area (Å²) in [7, 11) is 0. The summed E-state index contributed by atoms with van der Waals surface area (Å²) < 4.78 is 0. The minimum Gasteiger partial charge on any atom is -0.372 e. The lowest BCUT2D eigenvalue weighted by molar-refractivity contribution is -0.138. The number of aromatic amines is 1. The summed E-state index contributed by atoms with van der Waals surface area (Å²) >= 11 is 0. The van der Waals surface area contributed by atoms with Gasteiger partial charge >= 0.3 is 6.03 Å². The Bertz CT molecular complexity index is 743. The molecule has 0 saturated carbocycles. The number of carbonyl (C=O) groups excluding carboxylic acids is 3. The van der Waals surface area contributed by atoms with Crippen molar-refractivity contribution in [2.24, 2.45) is 5.92 Å². The molecule has 0 bridgehead atoms. The number of carbonyl (C=O) groups is 3. The largest absolute Gasteiger partial charge is 0.372 e. The fourth-order valence-corrected chi connectivity index (χ4v) is 2.06. The Morgan fingerprint density at radius 2 is 1.96 bits per heavy atom. The van der Waals surface area contributed by atoms with Gasteiger partial charge in [-0.3, -0.25) is 14.9 Å². The van der Waals surface area contributed by atoms with Gasteiger partial charge in [0, 0.05) is 11.3 Å². The van der Waals surface area contributed by atoms with Crippen LogP contribution in [0, 0.1) is 5.92 Å². The van der Waals surface area contributed by atoms with Crippen molar-refractivity contribution in [1.82, 2.24) is 31.3 Å². The predicted molar refractivity (Wildman–Crippen MR) is 74.4 cm³/mol. The molecule has 3 rings (SSSR count). The number of rotatable bonds is 3. The lowest BCUT2D eigenvalue weighted by Crippen LogP contribution is -2.61. The second kappa shape index (κ2) is 5.81. The summed E-state index contributed by atoms with van der Waals surface area (Å²) in [5.41, 5.74) is 1.08. The number of aliphatic hydroxyl groups is 1. The van der Waals surface area contributed by atoms with Gasteiger partial charge < -0.3 is 15.7 Å². The highest BCUT2D eigenvalue weighted by Gasteiger charge is 2.39. The molecule has 11 heteroatoms. The lowest BCUT2D eigenvalue weighted by atomic mass is 10.0. The second-order valence-electron chi connectivity index (χ2n) is 4.69. The van der Waals surface area contributed by atoms with Crippen molar-refractivity contribution in [1.29, 1.82) is 0 Å². The fraction of sp³-hybridized carbons (Fsp3) is 0.167. The number of anilines is 1. The molecule has 11 nitrogen and oxygen atoms in total. The molecule has 2 heterocycles. The van der Waals surface area contributed by atoms with Crippen LogP contribution in [0.1, 0.15) is 0 Å². The van der Waals surface area contributed by atoms with Gasteiger partial charge in [0.2, 0.25) is 17.6 Å². The van der Waals surface area contributed by atoms with E-state index in [4.69, 9.17) is 0 Å². The molecule has 118 valence electrons. The van der Waals surface area contributed by atoms with Crippen molar-refractivity contribution in [3.8, 4) is 11.4 Å². The van der Waals surface area contributed by atoms with Gasteiger partial charge in [0.15, 0.2) is 5.92 Å². The van der Waals surface area contributed by atoms with Crippen LogP contribution in [0.5, 0.6) is 0 Å². The molecule has 1 saturated heterocycles. The number of hydrogen-bond donors (Lipinski definition) is 5. The number of imide groups is 1. The maximum Gasteiger partial charge on any atom is 0.323 e. The van der Waals surface area contributed by atoms with E-state index in [1.54, 1.807) is 24.3 Å². The van der Waals surface area contributed by atoms with E-state index >= 15 is 0 Å². The summed E-state index contributed by atoms with van der Waals surface area (Å²) in [4.78, 5) is 34.7. The molecule has 5 N–H and O–H groups in total. The van der Waals surface area contributed by atoms with E-state index in [-0.39, 0.29) is 0 Å². The number of nitrogens with one attached hydrogen (secondary N) is 4. The molecule has 23 heavy (non-hydrogen) atoms. The molecule has 1 aliphatic heterocycles. The standard InChI is InChI=1S/C12H11N7O4/c20-9(7-10(21)14-12(23)15-11(7)22)13-6-3-1-5(2-4-6)8-16-18-19-17-8/h1-4,7,10,21H,(H,13,20)(H2,14,15,22,23)(H,16,17,18,19). The Morgan fingerprint density at radius 3 is 2.57 bits per heavy atom. The summed E-state index contributed by atoms with van der Waals surface area (Å²) in [6.07, 6.45) is -1.59. The molecule has 1 aromatic carbocycles. The first-order valence-corrected chi connectivity index (χ1v) is 6.49. The van der Waals surface area contributed by atoms with Crippen LogP contribution in [0.4, 0.5) is 10.5 Å². The Balaban J connectivity index is 1.70. The Morgan fingerprint density at radius 1 is 1.22 bits per heavy atom. The highest BCUT2D eigenvalue weighted by Crippen LogP contribution is 2.18. The number of benzene rings is 1. The minimum absolute atomic E-state index is 0.396. The molecule has 0 aliphatic carbocycles. The van der Waals surface area contributed by atoms with Crippen LogP contribution in [-0.4, -0.2) is 49.8 Å². The summed E-state index contributed by atoms with van der Waals surface area (Å²) in [6, 6.07) is 5.61. The third kappa shape index (κ3) is 2.98. The normalized spacial score (nSPS) is 20.6. The number of nitrogens with zero attached hydrogens (tertiary/aromatic N) is 3. The van der Waals surface area contributed by atoms with Crippen LogP contribution in [0.3, 0.4) is 0 Å². The zero-order valence-electron chi connectivity index (χ0n) is 11.5. The van der Waals surface area contributed by atoms with E-state index in [1.807, 2.05) is 5.32 Å². The molecule has 2 atom stereocenters. The molecule has 0 radical (unpaired) electrons. The van der Waals surface area contributed by atoms with Crippen LogP contribution in [0.15, 0.2) is 24.3 Å². The van der Waals surface area contributed by atoms with Crippen molar-refractivity contribution >= 4 is 23.5 Å². The van der Waals surface area contributed by atoms with Gasteiger partial charge in [-0.2, -0.15) is 5.21 Å². The molecule has 1 aromatic heterocycles. The molecule has 4 amide bonds. The van der Waals surface area contributed by atoms with Gasteiger partial charge in [0.05, 0.1) is 0 Å². The Kier molecular flexibility index (Phi) is 3.68. The maximum absolute atomic E-state index is 12.1. The van der Waals surface area contributed by atoms with Crippen molar-refractivity contribution in [3.63, 3.8) is 0 Å². The van der Waals surface area contributed by atoms with Gasteiger partial charge in [-0.15, -0.1) is 10.2 Å². The summed E-state index contributed by atoms with van der Waals surface area (Å²) in [6.45, 7) is 0. The molecule has 2 aromatic rings. The smallest absolute Gasteiger partial charge is 0.323 e. The zero-order chi connectivity index (χ0) is 16.4. The Labute approximate surface area is 128 Å². The van der Waals surface area contributed by atoms with E-state index in [0.29, 0.717) is 17.1 Å². The van der Waals surface area contributed by atoms with E-state index in [2.05, 4.69) is 31.3 Å². The number of urea groups is 1. The van der Waals surface area contributed by atoms with Crippen molar-refractivity contribution in [2.45, 2.75) is 6.23 Å². The van der Waals surface area contributed by atoms with Gasteiger partial charge in [0.1, 0.15) is 6.23 Å². The first-order valence-electron chi connectivity index (χ1n) is 6.49. The average molecular weight is 317 g/mol. The van der Waals surface area contributed by atoms with E-state index < -0.39 is 30.0 Å². The summed E-state index contributed by atoms with van der Waals surface area (Å²) in [5.74, 6) is -2.67. The number of aromatic nitrogens is 4. The first kappa shape index (κ1) is 14.6. The zero-order valence-corrected chi connectivity index (χ0v) is 11.5. The number of tetrazole rings is 1. The highest BCUT2D eigenvalue weighted by molar-refractivity contribution is 6.12. The summed E-state index contributed by atoms with van der Waals surface area (Å²) in [5, 5.41) is 29.5. The van der Waals surface area contributed by atoms with E-state index in [0.717, 1.165) is 0 Å². The second-order valence-corrected chi connectivity index (χ2v) is 4.69. The molecular formula is C12H11N7O4. The van der Waals surface area contributed by atoms with Crippen LogP contribution in [0.25, 0.3) is 11.4 Å². The van der Waals surface area contributed by atoms with Gasteiger partial charge in [-0.25, -0.2) is 4.79 Å². The average Bonchev–Trinajstić information content (AvgIpc) is 3.01. The number of amides is 4. The third-order valence-electron chi connectivity index (χ3n) is 3.15. The first-order chi connectivity index (χ1) is 11.0. The molecule has 1 fully saturated rings. The number of aliphatic hydroxyl groups excluding tert-OH is 1. The highest BCUT2D eigenvalue weighted by atomic mass is 16.3. The minimum atomic E-state index is -1.59. The van der Waals surface area contributed by atoms with Crippen molar-refractivity contribution < 1.29 is 19.5 Å². The molecular weight excluding hydrogens is 306 g/mol. The van der Waals surface area contributed by atoms with Crippen LogP contribution >= 0.6 is 0 Å². The van der Waals surface area contributed by atoms with E-state index in [1.165, 1.54) is 0 Å². The topological polar surface area (TPSA) is 162 Å². The van der Waals surface area contributed by atoms with Gasteiger partial charge in [-0.1, -0.05) is 0 Å². The van der Waals surface area contributed by atoms with Crippen molar-refractivity contribution in [2.75, 3.05) is 5.32 Å². The predicted octanol–water partition coefficient (Wildman–Crippen LogP) is -1.42. The SMILES string of the molecule is O=C1NC(=O)C(C(=O)Nc2ccc(-c3nn[nH]n3)cc2)C(O)N1. The third-order valence-corrected chi connectivity index (χ3v) is 3.15. The van der Waals surface area contributed by atoms with E-state index in [9.17, 15) is 19.5 Å². The lowest BCUT2D eigenvalue weighted by Gasteiger charge is -2.26. The van der Waals surface area contributed by atoms with Crippen LogP contribution < -0.4 is 16.0 Å². The molecule has 0 spiro atoms. The van der Waals surface area contributed by atoms with Crippen LogP contribution in [0.2, 0.25) is 0 Å². The van der Waals surface area contributed by atoms with Crippen LogP contribution in [-0.2, 0) is 9.59 Å². The monoisotopic (exact) mass is 317 g/mol. The quantitative estimate of drug-likeness (QED) is 0.434. The van der Waals surface area contributed by atoms with Gasteiger partial charge in [0.25, 0.3) is 0 Å². The Hall–Kier alpha value is -3.34. The van der Waals surface area contributed by atoms with Crippen molar-refractivity contribution in [3.05, 3.63) is 24.3 Å². The molecule has 2 unspecified atom stereocenters.